The second-order valence-electron chi connectivity index (χ2n) is 12.7. The number of piperazine rings is 1. The highest BCUT2D eigenvalue weighted by molar-refractivity contribution is 6.31. The summed E-state index contributed by atoms with van der Waals surface area (Å²) in [6, 6.07) is 9.86. The van der Waals surface area contributed by atoms with Crippen LogP contribution in [-0.4, -0.2) is 78.5 Å². The van der Waals surface area contributed by atoms with Crippen molar-refractivity contribution in [3.63, 3.8) is 0 Å². The van der Waals surface area contributed by atoms with Gasteiger partial charge < -0.3 is 32.3 Å². The number of carbonyl (C=O) groups excluding carboxylic acids is 2. The van der Waals surface area contributed by atoms with E-state index >= 15 is 0 Å². The van der Waals surface area contributed by atoms with Gasteiger partial charge in [-0.3, -0.25) is 9.59 Å². The van der Waals surface area contributed by atoms with E-state index < -0.39 is 12.1 Å². The third kappa shape index (κ3) is 10.4. The zero-order valence-electron chi connectivity index (χ0n) is 26.8. The van der Waals surface area contributed by atoms with Crippen LogP contribution in [0.15, 0.2) is 36.4 Å². The number of nitrogens with one attached hydrogen (secondary N) is 1. The van der Waals surface area contributed by atoms with Gasteiger partial charge in [0, 0.05) is 48.3 Å². The minimum Gasteiger partial charge on any atom is -0.335 e. The van der Waals surface area contributed by atoms with E-state index in [0.29, 0.717) is 48.4 Å². The molecule has 7 N–H and O–H groups in total. The molecule has 0 saturated carbocycles. The molecule has 1 aliphatic heterocycles. The molecule has 0 aliphatic carbocycles. The number of amides is 2. The van der Waals surface area contributed by atoms with Crippen LogP contribution >= 0.6 is 23.2 Å². The Hall–Kier alpha value is -2.20. The Balaban J connectivity index is 1.81. The standard InChI is InChI=1S/C34H52Cl2N6O2/c1-22(2)15-28-21-41(33(43)31(38)18-25-8-10-29(35)23(3)16-25)27(7-5-6-13-40-14-12-37)20-42(28)34(44)32(39)19-26-9-11-30(36)24(4)17-26/h8-11,16-17,22,27-28,31-32,40H,5-7,12-15,18-21,37-39H2,1-4H3/t27-,28+,31+,32+/m0/s1. The number of rotatable bonds is 15. The molecule has 0 spiro atoms. The Morgan fingerprint density at radius 1 is 0.841 bits per heavy atom. The summed E-state index contributed by atoms with van der Waals surface area (Å²) in [5.41, 5.74) is 22.6. The largest absolute Gasteiger partial charge is 0.335 e. The molecule has 0 aromatic heterocycles. The van der Waals surface area contributed by atoms with E-state index in [1.54, 1.807) is 0 Å². The lowest BCUT2D eigenvalue weighted by Crippen LogP contribution is -2.65. The lowest BCUT2D eigenvalue weighted by molar-refractivity contribution is -0.149. The number of nitrogens with zero attached hydrogens (tertiary/aromatic N) is 2. The van der Waals surface area contributed by atoms with Gasteiger partial charge in [0.1, 0.15) is 0 Å². The molecule has 4 atom stereocenters. The molecule has 244 valence electrons. The van der Waals surface area contributed by atoms with Gasteiger partial charge in [-0.2, -0.15) is 0 Å². The molecule has 3 rings (SSSR count). The van der Waals surface area contributed by atoms with Crippen LogP contribution in [0.2, 0.25) is 10.0 Å². The lowest BCUT2D eigenvalue weighted by Gasteiger charge is -2.48. The number of hydrogen-bond acceptors (Lipinski definition) is 6. The van der Waals surface area contributed by atoms with E-state index in [4.69, 9.17) is 40.4 Å². The van der Waals surface area contributed by atoms with Gasteiger partial charge in [0.15, 0.2) is 0 Å². The highest BCUT2D eigenvalue weighted by Crippen LogP contribution is 2.27. The van der Waals surface area contributed by atoms with Crippen molar-refractivity contribution >= 4 is 35.0 Å². The van der Waals surface area contributed by atoms with Crippen molar-refractivity contribution in [1.82, 2.24) is 15.1 Å². The second kappa shape index (κ2) is 17.5. The van der Waals surface area contributed by atoms with Gasteiger partial charge in [0.2, 0.25) is 11.8 Å². The van der Waals surface area contributed by atoms with Gasteiger partial charge in [-0.25, -0.2) is 0 Å². The van der Waals surface area contributed by atoms with Gasteiger partial charge in [-0.05, 0) is 92.8 Å². The smallest absolute Gasteiger partial charge is 0.240 e. The first-order chi connectivity index (χ1) is 20.9. The third-order valence-corrected chi connectivity index (χ3v) is 9.31. The van der Waals surface area contributed by atoms with Crippen molar-refractivity contribution in [2.45, 2.75) is 90.4 Å². The number of halogens is 2. The van der Waals surface area contributed by atoms with E-state index in [0.717, 1.165) is 61.0 Å². The topological polar surface area (TPSA) is 131 Å². The van der Waals surface area contributed by atoms with E-state index in [1.165, 1.54) is 0 Å². The lowest BCUT2D eigenvalue weighted by atomic mass is 9.93. The molecule has 1 heterocycles. The molecule has 2 amide bonds. The summed E-state index contributed by atoms with van der Waals surface area (Å²) < 4.78 is 0. The first-order valence-corrected chi connectivity index (χ1v) is 16.7. The zero-order valence-corrected chi connectivity index (χ0v) is 28.3. The van der Waals surface area contributed by atoms with E-state index in [-0.39, 0.29) is 23.9 Å². The molecule has 8 nitrogen and oxygen atoms in total. The van der Waals surface area contributed by atoms with Crippen molar-refractivity contribution in [3.8, 4) is 0 Å². The maximum atomic E-state index is 14.0. The molecule has 1 fully saturated rings. The number of hydrogen-bond donors (Lipinski definition) is 4. The van der Waals surface area contributed by atoms with Gasteiger partial charge in [-0.1, -0.05) is 67.7 Å². The summed E-state index contributed by atoms with van der Waals surface area (Å²) in [6.07, 6.45) is 4.24. The van der Waals surface area contributed by atoms with Crippen LogP contribution in [0.4, 0.5) is 0 Å². The maximum absolute atomic E-state index is 14.0. The SMILES string of the molecule is Cc1cc(C[C@@H](N)C(=O)N2C[C@H](CCCCNCCN)N(C(=O)[C@H](N)Cc3ccc(Cl)c(C)c3)C[C@H]2CC(C)C)ccc1Cl. The van der Waals surface area contributed by atoms with Crippen LogP contribution in [0.5, 0.6) is 0 Å². The monoisotopic (exact) mass is 646 g/mol. The molecule has 2 aromatic carbocycles. The summed E-state index contributed by atoms with van der Waals surface area (Å²) in [6.45, 7) is 11.3. The first-order valence-electron chi connectivity index (χ1n) is 15.9. The molecular formula is C34H52Cl2N6O2. The Morgan fingerprint density at radius 3 is 1.82 bits per heavy atom. The van der Waals surface area contributed by atoms with Crippen LogP contribution in [-0.2, 0) is 22.4 Å². The average Bonchev–Trinajstić information content (AvgIpc) is 2.98. The maximum Gasteiger partial charge on any atom is 0.240 e. The number of aryl methyl sites for hydroxylation is 2. The fraction of sp³-hybridized carbons (Fsp3) is 0.588. The van der Waals surface area contributed by atoms with Crippen molar-refractivity contribution in [1.29, 1.82) is 0 Å². The molecular weight excluding hydrogens is 595 g/mol. The number of benzene rings is 2. The van der Waals surface area contributed by atoms with E-state index in [1.807, 2.05) is 60.0 Å². The predicted molar refractivity (Wildman–Crippen MR) is 182 cm³/mol. The van der Waals surface area contributed by atoms with Gasteiger partial charge >= 0.3 is 0 Å². The zero-order chi connectivity index (χ0) is 32.4. The van der Waals surface area contributed by atoms with Crippen molar-refractivity contribution in [3.05, 3.63) is 68.7 Å². The van der Waals surface area contributed by atoms with E-state index in [2.05, 4.69) is 19.2 Å². The van der Waals surface area contributed by atoms with Crippen molar-refractivity contribution < 1.29 is 9.59 Å². The van der Waals surface area contributed by atoms with Crippen LogP contribution < -0.4 is 22.5 Å². The number of unbranched alkanes of at least 4 members (excludes halogenated alkanes) is 1. The molecule has 2 aromatic rings. The van der Waals surface area contributed by atoms with Gasteiger partial charge in [-0.15, -0.1) is 0 Å². The number of carbonyl (C=O) groups is 2. The fourth-order valence-corrected chi connectivity index (χ4v) is 6.35. The highest BCUT2D eigenvalue weighted by atomic mass is 35.5. The Morgan fingerprint density at radius 2 is 1.34 bits per heavy atom. The van der Waals surface area contributed by atoms with Crippen LogP contribution in [0.1, 0.15) is 61.8 Å². The third-order valence-electron chi connectivity index (χ3n) is 8.46. The molecule has 10 heteroatoms. The predicted octanol–water partition coefficient (Wildman–Crippen LogP) is 4.22. The summed E-state index contributed by atoms with van der Waals surface area (Å²) in [5, 5.41) is 4.72. The molecule has 1 saturated heterocycles. The Labute approximate surface area is 274 Å². The van der Waals surface area contributed by atoms with Crippen molar-refractivity contribution in [2.75, 3.05) is 32.7 Å². The first kappa shape index (κ1) is 36.3. The fourth-order valence-electron chi connectivity index (χ4n) is 6.12. The summed E-state index contributed by atoms with van der Waals surface area (Å²) in [5.74, 6) is 0.176. The molecule has 0 unspecified atom stereocenters. The highest BCUT2D eigenvalue weighted by Gasteiger charge is 2.40. The second-order valence-corrected chi connectivity index (χ2v) is 13.6. The quantitative estimate of drug-likeness (QED) is 0.214. The normalized spacial score (nSPS) is 18.5. The molecule has 44 heavy (non-hydrogen) atoms. The minimum atomic E-state index is -0.693. The van der Waals surface area contributed by atoms with Crippen LogP contribution in [0.25, 0.3) is 0 Å². The Kier molecular flexibility index (Phi) is 14.4. The molecule has 0 radical (unpaired) electrons. The molecule has 1 aliphatic rings. The van der Waals surface area contributed by atoms with Crippen molar-refractivity contribution in [2.24, 2.45) is 23.1 Å². The summed E-state index contributed by atoms with van der Waals surface area (Å²) in [4.78, 5) is 31.9. The van der Waals surface area contributed by atoms with Gasteiger partial charge in [0.25, 0.3) is 0 Å². The van der Waals surface area contributed by atoms with Crippen LogP contribution in [0, 0.1) is 19.8 Å². The summed E-state index contributed by atoms with van der Waals surface area (Å²) >= 11 is 12.4. The average molecular weight is 648 g/mol. The summed E-state index contributed by atoms with van der Waals surface area (Å²) in [7, 11) is 0. The van der Waals surface area contributed by atoms with Crippen LogP contribution in [0.3, 0.4) is 0 Å². The minimum absolute atomic E-state index is 0.0779. The Bertz CT molecular complexity index is 1240. The number of nitrogens with two attached hydrogens (primary N) is 3. The van der Waals surface area contributed by atoms with E-state index in [9.17, 15) is 9.59 Å². The van der Waals surface area contributed by atoms with Gasteiger partial charge in [0.05, 0.1) is 12.1 Å². The molecule has 0 bridgehead atoms.